The van der Waals surface area contributed by atoms with Gasteiger partial charge in [-0.3, -0.25) is 0 Å². The van der Waals surface area contributed by atoms with Crippen molar-refractivity contribution in [2.24, 2.45) is 0 Å². The number of aliphatic hydroxyl groups excluding tert-OH is 1. The number of pyridine rings is 1. The summed E-state index contributed by atoms with van der Waals surface area (Å²) in [5, 5.41) is 10.8. The largest absolute Gasteiger partial charge is 0.389 e. The minimum absolute atomic E-state index is 0.373. The van der Waals surface area contributed by atoms with E-state index in [0.717, 1.165) is 4.90 Å². The summed E-state index contributed by atoms with van der Waals surface area (Å²) in [7, 11) is 0. The maximum absolute atomic E-state index is 13.2. The second kappa shape index (κ2) is 5.69. The minimum Gasteiger partial charge on any atom is -0.389 e. The van der Waals surface area contributed by atoms with Crippen molar-refractivity contribution >= 4 is 23.4 Å². The third-order valence-corrected chi connectivity index (χ3v) is 3.88. The van der Waals surface area contributed by atoms with Crippen LogP contribution in [0.25, 0.3) is 0 Å². The number of halogens is 2. The molecule has 1 atom stereocenters. The number of aromatic nitrogens is 1. The smallest absolute Gasteiger partial charge is 0.123 e. The highest BCUT2D eigenvalue weighted by atomic mass is 35.5. The molecule has 0 bridgehead atoms. The summed E-state index contributed by atoms with van der Waals surface area (Å²) < 4.78 is 13.2. The second-order valence-corrected chi connectivity index (χ2v) is 5.19. The zero-order chi connectivity index (χ0) is 13.1. The van der Waals surface area contributed by atoms with E-state index in [1.807, 2.05) is 0 Å². The van der Waals surface area contributed by atoms with Crippen LogP contribution in [-0.2, 0) is 0 Å². The quantitative estimate of drug-likeness (QED) is 0.921. The normalized spacial score (nSPS) is 12.4. The van der Waals surface area contributed by atoms with E-state index in [4.69, 9.17) is 11.6 Å². The van der Waals surface area contributed by atoms with E-state index in [-0.39, 0.29) is 5.82 Å². The molecule has 0 spiro atoms. The van der Waals surface area contributed by atoms with Crippen molar-refractivity contribution in [3.63, 3.8) is 0 Å². The van der Waals surface area contributed by atoms with Crippen LogP contribution in [0.5, 0.6) is 0 Å². The summed E-state index contributed by atoms with van der Waals surface area (Å²) in [6.07, 6.45) is 0.894. The van der Waals surface area contributed by atoms with E-state index >= 15 is 0 Å². The first-order chi connectivity index (χ1) is 8.58. The van der Waals surface area contributed by atoms with E-state index in [1.165, 1.54) is 23.9 Å². The van der Waals surface area contributed by atoms with Gasteiger partial charge in [-0.2, -0.15) is 0 Å². The molecule has 0 aliphatic heterocycles. The number of hydrogen-bond donors (Lipinski definition) is 1. The summed E-state index contributed by atoms with van der Waals surface area (Å²) >= 11 is 7.33. The fraction of sp³-hybridized carbons (Fsp3) is 0.154. The predicted octanol–water partition coefficient (Wildman–Crippen LogP) is 4.08. The van der Waals surface area contributed by atoms with Gasteiger partial charge in [0, 0.05) is 11.1 Å². The molecule has 1 heterocycles. The lowest BCUT2D eigenvalue weighted by Gasteiger charge is -2.11. The Hall–Kier alpha value is -1.10. The van der Waals surface area contributed by atoms with Crippen LogP contribution in [0.3, 0.4) is 0 Å². The Labute approximate surface area is 114 Å². The van der Waals surface area contributed by atoms with Crippen LogP contribution >= 0.6 is 23.4 Å². The molecule has 0 fully saturated rings. The van der Waals surface area contributed by atoms with Gasteiger partial charge in [0.2, 0.25) is 0 Å². The number of nitrogens with zero attached hydrogens (tertiary/aromatic N) is 1. The van der Waals surface area contributed by atoms with Crippen molar-refractivity contribution in [3.05, 3.63) is 52.9 Å². The lowest BCUT2D eigenvalue weighted by Crippen LogP contribution is -1.95. The first kappa shape index (κ1) is 13.3. The number of hydrogen-bond acceptors (Lipinski definition) is 3. The van der Waals surface area contributed by atoms with Crippen LogP contribution in [0.4, 0.5) is 4.39 Å². The summed E-state index contributed by atoms with van der Waals surface area (Å²) in [4.78, 5) is 4.89. The fourth-order valence-corrected chi connectivity index (χ4v) is 2.70. The van der Waals surface area contributed by atoms with Crippen LogP contribution < -0.4 is 0 Å². The molecule has 0 saturated heterocycles. The van der Waals surface area contributed by atoms with Gasteiger partial charge in [-0.15, -0.1) is 0 Å². The second-order valence-electron chi connectivity index (χ2n) is 3.75. The van der Waals surface area contributed by atoms with E-state index in [1.54, 1.807) is 31.3 Å². The van der Waals surface area contributed by atoms with Gasteiger partial charge < -0.3 is 5.11 Å². The Kier molecular flexibility index (Phi) is 4.22. The molecule has 0 radical (unpaired) electrons. The number of rotatable bonds is 3. The number of aliphatic hydroxyl groups is 1. The molecule has 5 heteroatoms. The standard InChI is InChI=1S/C13H11ClFNOS/c1-8(17)10-7-9(15)4-5-12(10)18-13-11(14)3-2-6-16-13/h2-8,17H,1H3/t8-/m1/s1. The Bertz CT molecular complexity index is 562. The van der Waals surface area contributed by atoms with Crippen LogP contribution in [0, 0.1) is 5.82 Å². The molecular formula is C13H11ClFNOS. The van der Waals surface area contributed by atoms with E-state index < -0.39 is 6.10 Å². The molecule has 0 unspecified atom stereocenters. The Morgan fingerprint density at radius 1 is 1.39 bits per heavy atom. The van der Waals surface area contributed by atoms with Crippen molar-refractivity contribution in [1.82, 2.24) is 4.98 Å². The van der Waals surface area contributed by atoms with Gasteiger partial charge in [-0.1, -0.05) is 23.4 Å². The molecule has 0 saturated carbocycles. The van der Waals surface area contributed by atoms with Gasteiger partial charge in [0.05, 0.1) is 11.1 Å². The zero-order valence-electron chi connectivity index (χ0n) is 9.60. The Morgan fingerprint density at radius 3 is 2.83 bits per heavy atom. The van der Waals surface area contributed by atoms with Crippen molar-refractivity contribution in [1.29, 1.82) is 0 Å². The zero-order valence-corrected chi connectivity index (χ0v) is 11.2. The molecule has 94 valence electrons. The van der Waals surface area contributed by atoms with Crippen LogP contribution in [0.2, 0.25) is 5.02 Å². The predicted molar refractivity (Wildman–Crippen MR) is 70.4 cm³/mol. The lowest BCUT2D eigenvalue weighted by molar-refractivity contribution is 0.196. The molecule has 0 aliphatic rings. The minimum atomic E-state index is -0.745. The Morgan fingerprint density at radius 2 is 2.17 bits per heavy atom. The summed E-state index contributed by atoms with van der Waals surface area (Å²) in [5.74, 6) is -0.373. The maximum Gasteiger partial charge on any atom is 0.123 e. The molecule has 1 aromatic heterocycles. The average molecular weight is 284 g/mol. The van der Waals surface area contributed by atoms with E-state index in [2.05, 4.69) is 4.98 Å². The Balaban J connectivity index is 2.37. The molecular weight excluding hydrogens is 273 g/mol. The van der Waals surface area contributed by atoms with E-state index in [9.17, 15) is 9.50 Å². The molecule has 2 rings (SSSR count). The molecule has 1 N–H and O–H groups in total. The first-order valence-corrected chi connectivity index (χ1v) is 6.53. The molecule has 0 aliphatic carbocycles. The maximum atomic E-state index is 13.2. The van der Waals surface area contributed by atoms with Crippen molar-refractivity contribution in [2.45, 2.75) is 22.9 Å². The first-order valence-electron chi connectivity index (χ1n) is 5.34. The topological polar surface area (TPSA) is 33.1 Å². The summed E-state index contributed by atoms with van der Waals surface area (Å²) in [6.45, 7) is 1.60. The van der Waals surface area contributed by atoms with E-state index in [0.29, 0.717) is 15.6 Å². The summed E-state index contributed by atoms with van der Waals surface area (Å²) in [5.41, 5.74) is 0.529. The van der Waals surface area contributed by atoms with Gasteiger partial charge in [0.1, 0.15) is 10.8 Å². The fourth-order valence-electron chi connectivity index (χ4n) is 1.49. The van der Waals surface area contributed by atoms with Gasteiger partial charge in [0.15, 0.2) is 0 Å². The third-order valence-electron chi connectivity index (χ3n) is 2.35. The monoisotopic (exact) mass is 283 g/mol. The molecule has 0 amide bonds. The van der Waals surface area contributed by atoms with Gasteiger partial charge in [0.25, 0.3) is 0 Å². The van der Waals surface area contributed by atoms with Crippen molar-refractivity contribution in [3.8, 4) is 0 Å². The third kappa shape index (κ3) is 3.02. The van der Waals surface area contributed by atoms with Crippen LogP contribution in [-0.4, -0.2) is 10.1 Å². The molecule has 2 aromatic rings. The summed E-state index contributed by atoms with van der Waals surface area (Å²) in [6, 6.07) is 7.77. The highest BCUT2D eigenvalue weighted by Crippen LogP contribution is 2.35. The van der Waals surface area contributed by atoms with Gasteiger partial charge >= 0.3 is 0 Å². The number of benzene rings is 1. The highest BCUT2D eigenvalue weighted by molar-refractivity contribution is 7.99. The molecule has 18 heavy (non-hydrogen) atoms. The van der Waals surface area contributed by atoms with Crippen LogP contribution in [0.15, 0.2) is 46.5 Å². The molecule has 2 nitrogen and oxygen atoms in total. The highest BCUT2D eigenvalue weighted by Gasteiger charge is 2.12. The van der Waals surface area contributed by atoms with Crippen molar-refractivity contribution < 1.29 is 9.50 Å². The van der Waals surface area contributed by atoms with Gasteiger partial charge in [-0.25, -0.2) is 9.37 Å². The van der Waals surface area contributed by atoms with Crippen molar-refractivity contribution in [2.75, 3.05) is 0 Å². The van der Waals surface area contributed by atoms with Crippen LogP contribution in [0.1, 0.15) is 18.6 Å². The average Bonchev–Trinajstić information content (AvgIpc) is 2.34. The molecule has 1 aromatic carbocycles. The van der Waals surface area contributed by atoms with Gasteiger partial charge in [-0.05, 0) is 42.8 Å². The SMILES string of the molecule is C[C@@H](O)c1cc(F)ccc1Sc1ncccc1Cl. The lowest BCUT2D eigenvalue weighted by atomic mass is 10.1.